The van der Waals surface area contributed by atoms with Crippen molar-refractivity contribution in [2.45, 2.75) is 45.1 Å². The quantitative estimate of drug-likeness (QED) is 0.685. The number of hydrogen-bond donors (Lipinski definition) is 1. The number of nitrogens with one attached hydrogen (secondary N) is 1. The van der Waals surface area contributed by atoms with Gasteiger partial charge >= 0.3 is 0 Å². The van der Waals surface area contributed by atoms with Crippen LogP contribution in [0.1, 0.15) is 39.0 Å². The van der Waals surface area contributed by atoms with Gasteiger partial charge < -0.3 is 10.1 Å². The zero-order chi connectivity index (χ0) is 9.52. The van der Waals surface area contributed by atoms with Gasteiger partial charge in [0.2, 0.25) is 0 Å². The standard InChI is InChI=1S/C11H23NO/c1-10(9-12-2)5-3-6-11-7-4-8-13-11/h10-12H,3-9H2,1-2H3. The molecule has 1 aliphatic heterocycles. The van der Waals surface area contributed by atoms with Crippen molar-refractivity contribution in [3.63, 3.8) is 0 Å². The molecule has 0 amide bonds. The topological polar surface area (TPSA) is 21.3 Å². The minimum absolute atomic E-state index is 0.585. The zero-order valence-electron chi connectivity index (χ0n) is 9.01. The summed E-state index contributed by atoms with van der Waals surface area (Å²) in [7, 11) is 2.02. The molecule has 1 fully saturated rings. The largest absolute Gasteiger partial charge is 0.378 e. The maximum atomic E-state index is 5.58. The van der Waals surface area contributed by atoms with Crippen molar-refractivity contribution >= 4 is 0 Å². The first-order valence-corrected chi connectivity index (χ1v) is 5.59. The second-order valence-electron chi connectivity index (χ2n) is 4.23. The molecule has 0 bridgehead atoms. The predicted octanol–water partition coefficient (Wildman–Crippen LogP) is 2.19. The molecule has 1 saturated heterocycles. The Labute approximate surface area is 82.0 Å². The maximum absolute atomic E-state index is 5.58. The van der Waals surface area contributed by atoms with Crippen molar-refractivity contribution < 1.29 is 4.74 Å². The Morgan fingerprint density at radius 1 is 1.54 bits per heavy atom. The van der Waals surface area contributed by atoms with Crippen LogP contribution in [0.15, 0.2) is 0 Å². The molecule has 0 saturated carbocycles. The van der Waals surface area contributed by atoms with Gasteiger partial charge in [-0.25, -0.2) is 0 Å². The van der Waals surface area contributed by atoms with Crippen LogP contribution >= 0.6 is 0 Å². The van der Waals surface area contributed by atoms with E-state index in [-0.39, 0.29) is 0 Å². The average Bonchev–Trinajstić information content (AvgIpc) is 2.57. The normalized spacial score (nSPS) is 24.9. The van der Waals surface area contributed by atoms with Gasteiger partial charge in [-0.1, -0.05) is 13.3 Å². The van der Waals surface area contributed by atoms with Crippen LogP contribution in [0.2, 0.25) is 0 Å². The molecule has 1 heterocycles. The lowest BCUT2D eigenvalue weighted by atomic mass is 10.0. The van der Waals surface area contributed by atoms with E-state index in [0.717, 1.165) is 19.1 Å². The van der Waals surface area contributed by atoms with Gasteiger partial charge in [0.1, 0.15) is 0 Å². The monoisotopic (exact) mass is 185 g/mol. The van der Waals surface area contributed by atoms with E-state index in [1.165, 1.54) is 32.1 Å². The summed E-state index contributed by atoms with van der Waals surface area (Å²) < 4.78 is 5.58. The smallest absolute Gasteiger partial charge is 0.0576 e. The molecule has 2 nitrogen and oxygen atoms in total. The van der Waals surface area contributed by atoms with E-state index in [1.54, 1.807) is 0 Å². The number of hydrogen-bond acceptors (Lipinski definition) is 2. The fourth-order valence-corrected chi connectivity index (χ4v) is 2.02. The minimum Gasteiger partial charge on any atom is -0.378 e. The Morgan fingerprint density at radius 3 is 3.00 bits per heavy atom. The fraction of sp³-hybridized carbons (Fsp3) is 1.00. The highest BCUT2D eigenvalue weighted by molar-refractivity contribution is 4.65. The molecular formula is C11H23NO. The summed E-state index contributed by atoms with van der Waals surface area (Å²) in [6, 6.07) is 0. The van der Waals surface area contributed by atoms with Gasteiger partial charge in [0.25, 0.3) is 0 Å². The van der Waals surface area contributed by atoms with E-state index in [0.29, 0.717) is 6.10 Å². The molecule has 13 heavy (non-hydrogen) atoms. The van der Waals surface area contributed by atoms with Crippen molar-refractivity contribution in [2.24, 2.45) is 5.92 Å². The molecule has 2 heteroatoms. The molecule has 0 aromatic rings. The Balaban J connectivity index is 1.93. The summed E-state index contributed by atoms with van der Waals surface area (Å²) >= 11 is 0. The van der Waals surface area contributed by atoms with Crippen LogP contribution in [0.5, 0.6) is 0 Å². The van der Waals surface area contributed by atoms with Crippen LogP contribution in [0.4, 0.5) is 0 Å². The third-order valence-electron chi connectivity index (χ3n) is 2.80. The molecule has 1 aliphatic rings. The molecule has 2 unspecified atom stereocenters. The van der Waals surface area contributed by atoms with Gasteiger partial charge in [-0.15, -0.1) is 0 Å². The second kappa shape index (κ2) is 6.39. The average molecular weight is 185 g/mol. The molecule has 1 rings (SSSR count). The van der Waals surface area contributed by atoms with Crippen LogP contribution in [0, 0.1) is 5.92 Å². The highest BCUT2D eigenvalue weighted by Crippen LogP contribution is 2.19. The summed E-state index contributed by atoms with van der Waals surface area (Å²) in [5, 5.41) is 3.21. The molecule has 2 atom stereocenters. The summed E-state index contributed by atoms with van der Waals surface area (Å²) in [6.07, 6.45) is 7.08. The van der Waals surface area contributed by atoms with Crippen molar-refractivity contribution in [3.8, 4) is 0 Å². The molecule has 0 aromatic heterocycles. The van der Waals surface area contributed by atoms with E-state index in [4.69, 9.17) is 4.74 Å². The zero-order valence-corrected chi connectivity index (χ0v) is 9.01. The van der Waals surface area contributed by atoms with E-state index >= 15 is 0 Å². The van der Waals surface area contributed by atoms with Gasteiger partial charge in [-0.05, 0) is 45.2 Å². The highest BCUT2D eigenvalue weighted by Gasteiger charge is 2.14. The van der Waals surface area contributed by atoms with Gasteiger partial charge in [0.05, 0.1) is 6.10 Å². The Bertz CT molecular complexity index is 121. The van der Waals surface area contributed by atoms with E-state index in [2.05, 4.69) is 12.2 Å². The molecule has 0 radical (unpaired) electrons. The minimum atomic E-state index is 0.585. The van der Waals surface area contributed by atoms with Crippen molar-refractivity contribution in [3.05, 3.63) is 0 Å². The van der Waals surface area contributed by atoms with Crippen LogP contribution < -0.4 is 5.32 Å². The van der Waals surface area contributed by atoms with Crippen molar-refractivity contribution in [2.75, 3.05) is 20.2 Å². The first-order chi connectivity index (χ1) is 6.33. The fourth-order valence-electron chi connectivity index (χ4n) is 2.02. The van der Waals surface area contributed by atoms with E-state index in [1.807, 2.05) is 7.05 Å². The third kappa shape index (κ3) is 4.63. The van der Waals surface area contributed by atoms with Gasteiger partial charge in [-0.3, -0.25) is 0 Å². The molecule has 1 N–H and O–H groups in total. The molecule has 0 aromatic carbocycles. The van der Waals surface area contributed by atoms with E-state index in [9.17, 15) is 0 Å². The molecule has 0 spiro atoms. The lowest BCUT2D eigenvalue weighted by Crippen LogP contribution is -2.16. The highest BCUT2D eigenvalue weighted by atomic mass is 16.5. The Hall–Kier alpha value is -0.0800. The Morgan fingerprint density at radius 2 is 2.38 bits per heavy atom. The molecule has 0 aliphatic carbocycles. The van der Waals surface area contributed by atoms with Crippen molar-refractivity contribution in [1.29, 1.82) is 0 Å². The SMILES string of the molecule is CNCC(C)CCCC1CCCO1. The van der Waals surface area contributed by atoms with Crippen LogP contribution in [-0.2, 0) is 4.74 Å². The van der Waals surface area contributed by atoms with Crippen molar-refractivity contribution in [1.82, 2.24) is 5.32 Å². The lowest BCUT2D eigenvalue weighted by molar-refractivity contribution is 0.101. The van der Waals surface area contributed by atoms with Gasteiger partial charge in [0.15, 0.2) is 0 Å². The van der Waals surface area contributed by atoms with E-state index < -0.39 is 0 Å². The predicted molar refractivity (Wildman–Crippen MR) is 55.9 cm³/mol. The van der Waals surface area contributed by atoms with Crippen LogP contribution in [-0.4, -0.2) is 26.3 Å². The molecular weight excluding hydrogens is 162 g/mol. The number of ether oxygens (including phenoxy) is 1. The Kier molecular flexibility index (Phi) is 5.40. The lowest BCUT2D eigenvalue weighted by Gasteiger charge is -2.12. The van der Waals surface area contributed by atoms with Gasteiger partial charge in [-0.2, -0.15) is 0 Å². The first kappa shape index (κ1) is 11.0. The summed E-state index contributed by atoms with van der Waals surface area (Å²) in [6.45, 7) is 4.45. The second-order valence-corrected chi connectivity index (χ2v) is 4.23. The first-order valence-electron chi connectivity index (χ1n) is 5.59. The summed E-state index contributed by atoms with van der Waals surface area (Å²) in [5.41, 5.74) is 0. The number of rotatable bonds is 6. The van der Waals surface area contributed by atoms with Crippen LogP contribution in [0.3, 0.4) is 0 Å². The molecule has 78 valence electrons. The summed E-state index contributed by atoms with van der Waals surface area (Å²) in [4.78, 5) is 0. The third-order valence-corrected chi connectivity index (χ3v) is 2.80. The maximum Gasteiger partial charge on any atom is 0.0576 e. The summed E-state index contributed by atoms with van der Waals surface area (Å²) in [5.74, 6) is 0.811. The van der Waals surface area contributed by atoms with Crippen LogP contribution in [0.25, 0.3) is 0 Å². The van der Waals surface area contributed by atoms with Gasteiger partial charge in [0, 0.05) is 6.61 Å².